The van der Waals surface area contributed by atoms with Crippen molar-refractivity contribution in [2.75, 3.05) is 27.7 Å². The molecule has 3 aromatic rings. The maximum atomic E-state index is 10.4. The van der Waals surface area contributed by atoms with Gasteiger partial charge in [0, 0.05) is 18.3 Å². The van der Waals surface area contributed by atoms with Crippen molar-refractivity contribution in [3.8, 4) is 28.4 Å². The summed E-state index contributed by atoms with van der Waals surface area (Å²) in [5.41, 5.74) is 3.54. The third-order valence-corrected chi connectivity index (χ3v) is 4.09. The molecule has 1 atom stereocenters. The van der Waals surface area contributed by atoms with Crippen LogP contribution in [-0.2, 0) is 11.3 Å². The number of likely N-dealkylation sites (N-methyl/N-ethyl adjacent to an activating group) is 1. The van der Waals surface area contributed by atoms with Gasteiger partial charge < -0.3 is 24.4 Å². The molecule has 0 saturated heterocycles. The molecule has 0 saturated carbocycles. The first-order valence-corrected chi connectivity index (χ1v) is 9.01. The Morgan fingerprint density at radius 2 is 1.86 bits per heavy atom. The summed E-state index contributed by atoms with van der Waals surface area (Å²) in [6.07, 6.45) is 3.04. The first-order valence-electron chi connectivity index (χ1n) is 9.01. The molecule has 3 rings (SSSR count). The van der Waals surface area contributed by atoms with Crippen LogP contribution in [0.3, 0.4) is 0 Å². The normalized spacial score (nSPS) is 11.5. The third-order valence-electron chi connectivity index (χ3n) is 4.09. The minimum absolute atomic E-state index is 0.250. The van der Waals surface area contributed by atoms with E-state index in [1.165, 1.54) is 0 Å². The van der Waals surface area contributed by atoms with Crippen molar-refractivity contribution in [2.45, 2.75) is 12.6 Å². The molecule has 0 amide bonds. The van der Waals surface area contributed by atoms with E-state index in [9.17, 15) is 5.11 Å². The second-order valence-electron chi connectivity index (χ2n) is 6.56. The number of aromatic nitrogens is 3. The quantitative estimate of drug-likeness (QED) is 0.589. The minimum atomic E-state index is -0.495. The summed E-state index contributed by atoms with van der Waals surface area (Å²) in [6.45, 7) is 0.783. The molecule has 1 aromatic carbocycles. The van der Waals surface area contributed by atoms with E-state index in [4.69, 9.17) is 14.6 Å². The lowest BCUT2D eigenvalue weighted by Gasteiger charge is -2.18. The SMILES string of the molecule is COc1ccc(-c2ncn(CC(O)CN(C)C)c2-c2ccccn2)cc1.O=CO. The van der Waals surface area contributed by atoms with Gasteiger partial charge in [0.15, 0.2) is 0 Å². The van der Waals surface area contributed by atoms with E-state index >= 15 is 0 Å². The van der Waals surface area contributed by atoms with Crippen LogP contribution >= 0.6 is 0 Å². The average Bonchev–Trinajstić information content (AvgIpc) is 3.12. The molecule has 0 aliphatic heterocycles. The molecule has 0 radical (unpaired) electrons. The number of ether oxygens (including phenoxy) is 1. The maximum absolute atomic E-state index is 10.4. The van der Waals surface area contributed by atoms with Crippen LogP contribution in [0.2, 0.25) is 0 Å². The van der Waals surface area contributed by atoms with Gasteiger partial charge in [0.05, 0.1) is 43.2 Å². The first kappa shape index (κ1) is 22.1. The Morgan fingerprint density at radius 1 is 1.17 bits per heavy atom. The zero-order valence-electron chi connectivity index (χ0n) is 16.8. The van der Waals surface area contributed by atoms with Crippen molar-refractivity contribution < 1.29 is 19.7 Å². The third kappa shape index (κ3) is 6.13. The number of aliphatic hydroxyl groups excluding tert-OH is 1. The second kappa shape index (κ2) is 10.9. The molecule has 2 aromatic heterocycles. The van der Waals surface area contributed by atoms with Gasteiger partial charge in [0.25, 0.3) is 6.47 Å². The largest absolute Gasteiger partial charge is 0.497 e. The van der Waals surface area contributed by atoms with Gasteiger partial charge >= 0.3 is 0 Å². The molecule has 0 bridgehead atoms. The molecular formula is C21H26N4O4. The number of hydrogen-bond acceptors (Lipinski definition) is 6. The van der Waals surface area contributed by atoms with Gasteiger partial charge in [-0.2, -0.15) is 0 Å². The molecule has 0 aliphatic carbocycles. The molecule has 154 valence electrons. The maximum Gasteiger partial charge on any atom is 0.290 e. The zero-order chi connectivity index (χ0) is 21.2. The van der Waals surface area contributed by atoms with Crippen LogP contribution in [0.5, 0.6) is 5.75 Å². The van der Waals surface area contributed by atoms with E-state index in [1.807, 2.05) is 66.0 Å². The second-order valence-corrected chi connectivity index (χ2v) is 6.56. The molecule has 0 aliphatic rings. The number of pyridine rings is 1. The zero-order valence-corrected chi connectivity index (χ0v) is 16.8. The molecule has 2 N–H and O–H groups in total. The number of carbonyl (C=O) groups is 1. The van der Waals surface area contributed by atoms with Gasteiger partial charge in [-0.1, -0.05) is 6.07 Å². The molecular weight excluding hydrogens is 372 g/mol. The Labute approximate surface area is 170 Å². The van der Waals surface area contributed by atoms with E-state index in [2.05, 4.69) is 9.97 Å². The van der Waals surface area contributed by atoms with Crippen LogP contribution in [0, 0.1) is 0 Å². The van der Waals surface area contributed by atoms with E-state index in [-0.39, 0.29) is 6.47 Å². The van der Waals surface area contributed by atoms with Crippen molar-refractivity contribution >= 4 is 6.47 Å². The number of nitrogens with zero attached hydrogens (tertiary/aromatic N) is 4. The number of aliphatic hydroxyl groups is 1. The Hall–Kier alpha value is -3.23. The number of benzene rings is 1. The smallest absolute Gasteiger partial charge is 0.290 e. The molecule has 2 heterocycles. The lowest BCUT2D eigenvalue weighted by atomic mass is 10.1. The number of hydrogen-bond donors (Lipinski definition) is 2. The molecule has 29 heavy (non-hydrogen) atoms. The van der Waals surface area contributed by atoms with E-state index in [0.717, 1.165) is 28.4 Å². The fraction of sp³-hybridized carbons (Fsp3) is 0.286. The summed E-state index contributed by atoms with van der Waals surface area (Å²) < 4.78 is 7.21. The fourth-order valence-corrected chi connectivity index (χ4v) is 2.96. The molecule has 0 spiro atoms. The van der Waals surface area contributed by atoms with Gasteiger partial charge in [-0.15, -0.1) is 0 Å². The van der Waals surface area contributed by atoms with Gasteiger partial charge in [-0.25, -0.2) is 4.98 Å². The lowest BCUT2D eigenvalue weighted by Crippen LogP contribution is -2.29. The Morgan fingerprint density at radius 3 is 2.41 bits per heavy atom. The minimum Gasteiger partial charge on any atom is -0.497 e. The Kier molecular flexibility index (Phi) is 8.32. The van der Waals surface area contributed by atoms with Crippen LogP contribution in [0.25, 0.3) is 22.6 Å². The molecule has 1 unspecified atom stereocenters. The van der Waals surface area contributed by atoms with Crippen molar-refractivity contribution in [3.05, 3.63) is 55.0 Å². The monoisotopic (exact) mass is 398 g/mol. The van der Waals surface area contributed by atoms with E-state index < -0.39 is 6.10 Å². The summed E-state index contributed by atoms with van der Waals surface area (Å²) in [4.78, 5) is 19.4. The predicted octanol–water partition coefficient (Wildman–Crippen LogP) is 2.24. The van der Waals surface area contributed by atoms with Gasteiger partial charge in [-0.3, -0.25) is 9.78 Å². The molecule has 0 fully saturated rings. The Bertz CT molecular complexity index is 879. The Balaban J connectivity index is 0.000000941. The summed E-state index contributed by atoms with van der Waals surface area (Å²) >= 11 is 0. The first-order chi connectivity index (χ1) is 14.0. The number of methoxy groups -OCH3 is 1. The number of carboxylic acid groups (broad SMARTS) is 1. The highest BCUT2D eigenvalue weighted by atomic mass is 16.5. The topological polar surface area (TPSA) is 101 Å². The van der Waals surface area contributed by atoms with Crippen LogP contribution in [0.4, 0.5) is 0 Å². The standard InChI is InChI=1S/C20H24N4O2.CH2O2/c1-23(2)12-16(25)13-24-14-22-19(15-7-9-17(26-3)10-8-15)20(24)18-6-4-5-11-21-18;2-1-3/h4-11,14,16,25H,12-13H2,1-3H3;1H,(H,2,3). The van der Waals surface area contributed by atoms with E-state index in [1.54, 1.807) is 19.6 Å². The highest BCUT2D eigenvalue weighted by Gasteiger charge is 2.18. The van der Waals surface area contributed by atoms with Crippen molar-refractivity contribution in [1.82, 2.24) is 19.4 Å². The van der Waals surface area contributed by atoms with Crippen molar-refractivity contribution in [3.63, 3.8) is 0 Å². The summed E-state index contributed by atoms with van der Waals surface area (Å²) in [6, 6.07) is 13.6. The van der Waals surface area contributed by atoms with Crippen LogP contribution < -0.4 is 4.74 Å². The van der Waals surface area contributed by atoms with Gasteiger partial charge in [-0.05, 0) is 50.5 Å². The summed E-state index contributed by atoms with van der Waals surface area (Å²) in [7, 11) is 5.54. The lowest BCUT2D eigenvalue weighted by molar-refractivity contribution is -0.122. The highest BCUT2D eigenvalue weighted by molar-refractivity contribution is 5.77. The molecule has 8 heteroatoms. The van der Waals surface area contributed by atoms with Crippen LogP contribution in [0.15, 0.2) is 55.0 Å². The van der Waals surface area contributed by atoms with E-state index in [0.29, 0.717) is 13.1 Å². The number of imidazole rings is 1. The van der Waals surface area contributed by atoms with Crippen molar-refractivity contribution in [1.29, 1.82) is 0 Å². The van der Waals surface area contributed by atoms with Crippen LogP contribution in [-0.4, -0.2) is 70.0 Å². The predicted molar refractivity (Wildman–Crippen MR) is 111 cm³/mol. The van der Waals surface area contributed by atoms with Gasteiger partial charge in [0.1, 0.15) is 5.75 Å². The fourth-order valence-electron chi connectivity index (χ4n) is 2.96. The van der Waals surface area contributed by atoms with Crippen molar-refractivity contribution in [2.24, 2.45) is 0 Å². The highest BCUT2D eigenvalue weighted by Crippen LogP contribution is 2.31. The summed E-state index contributed by atoms with van der Waals surface area (Å²) in [5, 5.41) is 17.3. The van der Waals surface area contributed by atoms with Crippen LogP contribution in [0.1, 0.15) is 0 Å². The average molecular weight is 398 g/mol. The summed E-state index contributed by atoms with van der Waals surface area (Å²) in [5.74, 6) is 0.800. The van der Waals surface area contributed by atoms with Gasteiger partial charge in [0.2, 0.25) is 0 Å². The number of rotatable bonds is 7. The molecule has 8 nitrogen and oxygen atoms in total.